The van der Waals surface area contributed by atoms with Crippen LogP contribution >= 0.6 is 0 Å². The molecule has 1 saturated heterocycles. The third-order valence-corrected chi connectivity index (χ3v) is 5.61. The zero-order valence-corrected chi connectivity index (χ0v) is 14.2. The maximum absolute atomic E-state index is 13.6. The number of aliphatic hydroxyl groups excluding tert-OH is 1. The van der Waals surface area contributed by atoms with E-state index in [1.807, 2.05) is 6.07 Å². The zero-order valence-electron chi connectivity index (χ0n) is 14.2. The van der Waals surface area contributed by atoms with Gasteiger partial charge in [0.2, 0.25) is 0 Å². The minimum Gasteiger partial charge on any atom is -0.392 e. The Labute approximate surface area is 146 Å². The minimum atomic E-state index is -0.381. The van der Waals surface area contributed by atoms with Crippen LogP contribution in [0.2, 0.25) is 0 Å². The van der Waals surface area contributed by atoms with E-state index in [0.29, 0.717) is 31.5 Å². The number of hydrogen-bond acceptors (Lipinski definition) is 4. The van der Waals surface area contributed by atoms with Crippen LogP contribution in [0, 0.1) is 5.82 Å². The van der Waals surface area contributed by atoms with E-state index >= 15 is 0 Å². The van der Waals surface area contributed by atoms with Crippen molar-refractivity contribution in [2.45, 2.75) is 62.8 Å². The molecule has 0 amide bonds. The number of rotatable bonds is 5. The summed E-state index contributed by atoms with van der Waals surface area (Å²) in [5.41, 5.74) is 0.927. The SMILES string of the molecule is O[C@H]1C[C@@H](c2cccc(F)c2)N(Cc2nnc(C3CC3)n2C2CC2)C1. The lowest BCUT2D eigenvalue weighted by atomic mass is 10.0. The molecule has 2 heterocycles. The second kappa shape index (κ2) is 5.88. The van der Waals surface area contributed by atoms with Gasteiger partial charge in [-0.25, -0.2) is 4.39 Å². The Kier molecular flexibility index (Phi) is 3.64. The highest BCUT2D eigenvalue weighted by molar-refractivity contribution is 5.22. The van der Waals surface area contributed by atoms with Gasteiger partial charge in [0.15, 0.2) is 0 Å². The number of β-amino-alcohol motifs (C(OH)–C–C–N with tert-alkyl or cyclic N) is 1. The van der Waals surface area contributed by atoms with E-state index in [9.17, 15) is 9.50 Å². The summed E-state index contributed by atoms with van der Waals surface area (Å²) in [7, 11) is 0. The Morgan fingerprint density at radius 3 is 2.72 bits per heavy atom. The summed E-state index contributed by atoms with van der Waals surface area (Å²) in [4.78, 5) is 2.22. The van der Waals surface area contributed by atoms with Crippen molar-refractivity contribution in [3.05, 3.63) is 47.3 Å². The number of likely N-dealkylation sites (tertiary alicyclic amines) is 1. The largest absolute Gasteiger partial charge is 0.392 e. The first kappa shape index (κ1) is 15.5. The number of aromatic nitrogens is 3. The number of halogens is 1. The van der Waals surface area contributed by atoms with Crippen molar-refractivity contribution in [2.75, 3.05) is 6.54 Å². The van der Waals surface area contributed by atoms with Crippen LogP contribution in [0.15, 0.2) is 24.3 Å². The molecule has 0 radical (unpaired) electrons. The van der Waals surface area contributed by atoms with Crippen LogP contribution in [0.1, 0.15) is 67.3 Å². The van der Waals surface area contributed by atoms with Crippen LogP contribution in [0.5, 0.6) is 0 Å². The van der Waals surface area contributed by atoms with Crippen LogP contribution in [-0.4, -0.2) is 37.4 Å². The molecule has 5 nitrogen and oxygen atoms in total. The Morgan fingerprint density at radius 2 is 2.00 bits per heavy atom. The topological polar surface area (TPSA) is 54.2 Å². The Bertz CT molecular complexity index is 783. The van der Waals surface area contributed by atoms with Crippen LogP contribution in [0.3, 0.4) is 0 Å². The fourth-order valence-electron chi connectivity index (χ4n) is 4.09. The average molecular weight is 342 g/mol. The van der Waals surface area contributed by atoms with Gasteiger partial charge in [-0.1, -0.05) is 12.1 Å². The summed E-state index contributed by atoms with van der Waals surface area (Å²) < 4.78 is 16.0. The third-order valence-electron chi connectivity index (χ3n) is 5.61. The van der Waals surface area contributed by atoms with Crippen molar-refractivity contribution in [2.24, 2.45) is 0 Å². The highest BCUT2D eigenvalue weighted by atomic mass is 19.1. The van der Waals surface area contributed by atoms with Gasteiger partial charge in [0.25, 0.3) is 0 Å². The Hall–Kier alpha value is -1.79. The third kappa shape index (κ3) is 2.98. The van der Waals surface area contributed by atoms with Gasteiger partial charge >= 0.3 is 0 Å². The molecule has 1 aromatic heterocycles. The minimum absolute atomic E-state index is 0.0272. The summed E-state index contributed by atoms with van der Waals surface area (Å²) >= 11 is 0. The lowest BCUT2D eigenvalue weighted by Crippen LogP contribution is -2.26. The molecule has 2 atom stereocenters. The summed E-state index contributed by atoms with van der Waals surface area (Å²) in [5.74, 6) is 2.51. The molecular formula is C19H23FN4O. The van der Waals surface area contributed by atoms with Crippen LogP contribution in [0.25, 0.3) is 0 Å². The lowest BCUT2D eigenvalue weighted by Gasteiger charge is -2.24. The van der Waals surface area contributed by atoms with Gasteiger partial charge in [-0.3, -0.25) is 4.90 Å². The molecule has 0 unspecified atom stereocenters. The average Bonchev–Trinajstić information content (AvgIpc) is 3.52. The second-order valence-electron chi connectivity index (χ2n) is 7.74. The quantitative estimate of drug-likeness (QED) is 0.908. The number of aliphatic hydroxyl groups is 1. The fourth-order valence-corrected chi connectivity index (χ4v) is 4.09. The highest BCUT2D eigenvalue weighted by Crippen LogP contribution is 2.45. The molecule has 1 aromatic carbocycles. The molecule has 0 bridgehead atoms. The summed E-state index contributed by atoms with van der Waals surface area (Å²) in [6.45, 7) is 1.26. The Morgan fingerprint density at radius 1 is 1.16 bits per heavy atom. The summed E-state index contributed by atoms with van der Waals surface area (Å²) in [6, 6.07) is 7.31. The highest BCUT2D eigenvalue weighted by Gasteiger charge is 2.38. The van der Waals surface area contributed by atoms with Crippen molar-refractivity contribution in [3.63, 3.8) is 0 Å². The Balaban J connectivity index is 1.42. The van der Waals surface area contributed by atoms with Gasteiger partial charge in [-0.2, -0.15) is 0 Å². The van der Waals surface area contributed by atoms with E-state index in [0.717, 1.165) is 17.2 Å². The van der Waals surface area contributed by atoms with Crippen LogP contribution in [-0.2, 0) is 6.54 Å². The fraction of sp³-hybridized carbons (Fsp3) is 0.579. The summed E-state index contributed by atoms with van der Waals surface area (Å²) in [5, 5.41) is 19.2. The molecule has 3 aliphatic rings. The predicted molar refractivity (Wildman–Crippen MR) is 90.4 cm³/mol. The smallest absolute Gasteiger partial charge is 0.147 e. The maximum atomic E-state index is 13.6. The molecule has 1 aliphatic heterocycles. The van der Waals surface area contributed by atoms with Crippen molar-refractivity contribution in [1.29, 1.82) is 0 Å². The molecule has 3 fully saturated rings. The first-order chi connectivity index (χ1) is 12.2. The molecule has 2 saturated carbocycles. The first-order valence-electron chi connectivity index (χ1n) is 9.30. The molecule has 0 spiro atoms. The molecule has 2 aliphatic carbocycles. The normalized spacial score (nSPS) is 27.1. The number of nitrogens with zero attached hydrogens (tertiary/aromatic N) is 4. The lowest BCUT2D eigenvalue weighted by molar-refractivity contribution is 0.170. The van der Waals surface area contributed by atoms with Gasteiger partial charge in [-0.15, -0.1) is 10.2 Å². The number of benzene rings is 1. The molecule has 1 N–H and O–H groups in total. The van der Waals surface area contributed by atoms with Crippen molar-refractivity contribution in [1.82, 2.24) is 19.7 Å². The van der Waals surface area contributed by atoms with E-state index in [-0.39, 0.29) is 18.0 Å². The molecule has 5 rings (SSSR count). The van der Waals surface area contributed by atoms with Crippen molar-refractivity contribution < 1.29 is 9.50 Å². The van der Waals surface area contributed by atoms with Gasteiger partial charge in [0, 0.05) is 24.5 Å². The van der Waals surface area contributed by atoms with Gasteiger partial charge in [0.1, 0.15) is 17.5 Å². The van der Waals surface area contributed by atoms with Crippen molar-refractivity contribution in [3.8, 4) is 0 Å². The number of hydrogen-bond donors (Lipinski definition) is 1. The zero-order chi connectivity index (χ0) is 17.0. The van der Waals surface area contributed by atoms with E-state index in [1.165, 1.54) is 31.7 Å². The van der Waals surface area contributed by atoms with E-state index in [4.69, 9.17) is 0 Å². The summed E-state index contributed by atoms with van der Waals surface area (Å²) in [6.07, 6.45) is 5.12. The monoisotopic (exact) mass is 342 g/mol. The van der Waals surface area contributed by atoms with Crippen LogP contribution < -0.4 is 0 Å². The van der Waals surface area contributed by atoms with Crippen LogP contribution in [0.4, 0.5) is 4.39 Å². The standard InChI is InChI=1S/C19H23FN4O/c20-14-3-1-2-13(8-14)17-9-16(25)10-23(17)11-18-21-22-19(12-4-5-12)24(18)15-6-7-15/h1-3,8,12,15-17,25H,4-7,9-11H2/t16-,17-/m0/s1. The van der Waals surface area contributed by atoms with E-state index in [1.54, 1.807) is 12.1 Å². The van der Waals surface area contributed by atoms with E-state index in [2.05, 4.69) is 19.7 Å². The first-order valence-corrected chi connectivity index (χ1v) is 9.30. The molecule has 132 valence electrons. The van der Waals surface area contributed by atoms with Crippen molar-refractivity contribution >= 4 is 0 Å². The molecule has 6 heteroatoms. The van der Waals surface area contributed by atoms with E-state index < -0.39 is 0 Å². The predicted octanol–water partition coefficient (Wildman–Crippen LogP) is 2.94. The maximum Gasteiger partial charge on any atom is 0.147 e. The molecule has 25 heavy (non-hydrogen) atoms. The molecule has 2 aromatic rings. The van der Waals surface area contributed by atoms with Gasteiger partial charge in [-0.05, 0) is 49.8 Å². The second-order valence-corrected chi connectivity index (χ2v) is 7.74. The van der Waals surface area contributed by atoms with Gasteiger partial charge < -0.3 is 9.67 Å². The van der Waals surface area contributed by atoms with Gasteiger partial charge in [0.05, 0.1) is 12.6 Å². The molecular weight excluding hydrogens is 319 g/mol.